The van der Waals surface area contributed by atoms with Crippen molar-refractivity contribution >= 4 is 23.0 Å². The van der Waals surface area contributed by atoms with Crippen LogP contribution in [0, 0.1) is 13.8 Å². The van der Waals surface area contributed by atoms with Crippen molar-refractivity contribution in [3.63, 3.8) is 0 Å². The first-order valence-corrected chi connectivity index (χ1v) is 8.36. The van der Waals surface area contributed by atoms with E-state index in [2.05, 4.69) is 62.3 Å². The van der Waals surface area contributed by atoms with E-state index in [4.69, 9.17) is 0 Å². The summed E-state index contributed by atoms with van der Waals surface area (Å²) in [7, 11) is 0. The van der Waals surface area contributed by atoms with Crippen LogP contribution in [0.5, 0.6) is 0 Å². The predicted octanol–water partition coefficient (Wildman–Crippen LogP) is 4.11. The van der Waals surface area contributed by atoms with Crippen molar-refractivity contribution in [1.29, 1.82) is 0 Å². The molecule has 0 bridgehead atoms. The molecule has 124 valence electrons. The molecule has 0 saturated heterocycles. The van der Waals surface area contributed by atoms with Gasteiger partial charge in [0.05, 0.1) is 28.2 Å². The lowest BCUT2D eigenvalue weighted by Crippen LogP contribution is -2.66. The third kappa shape index (κ3) is 1.77. The minimum absolute atomic E-state index is 0.0293. The van der Waals surface area contributed by atoms with Crippen LogP contribution in [0.3, 0.4) is 0 Å². The van der Waals surface area contributed by atoms with Crippen molar-refractivity contribution in [2.24, 2.45) is 0 Å². The summed E-state index contributed by atoms with van der Waals surface area (Å²) in [4.78, 5) is 15.0. The van der Waals surface area contributed by atoms with Crippen LogP contribution >= 0.6 is 0 Å². The molecule has 4 rings (SSSR count). The smallest absolute Gasteiger partial charge is 0.253 e. The summed E-state index contributed by atoms with van der Waals surface area (Å²) >= 11 is 0. The Bertz CT molecular complexity index is 871. The van der Waals surface area contributed by atoms with E-state index in [1.54, 1.807) is 0 Å². The first-order chi connectivity index (χ1) is 11.2. The summed E-state index contributed by atoms with van der Waals surface area (Å²) in [5, 5.41) is 6.89. The predicted molar refractivity (Wildman–Crippen MR) is 98.1 cm³/mol. The van der Waals surface area contributed by atoms with Crippen LogP contribution in [-0.2, 0) is 0 Å². The molecule has 0 aliphatic carbocycles. The standard InChI is InChI=1S/C20H23N3O/c1-12-10-15-17(11-13(12)2)23-16-9-7-6-8-14(16)18(24)22-19(3,4)20(23,5)21-15/h6-11,21H,1-5H3,(H,22,24). The number of carbonyl (C=O) groups excluding carboxylic acids is 1. The number of hydrogen-bond acceptors (Lipinski definition) is 3. The van der Waals surface area contributed by atoms with Gasteiger partial charge in [0, 0.05) is 0 Å². The number of rotatable bonds is 0. The lowest BCUT2D eigenvalue weighted by atomic mass is 9.88. The fourth-order valence-electron chi connectivity index (χ4n) is 3.79. The number of nitrogens with one attached hydrogen (secondary N) is 2. The van der Waals surface area contributed by atoms with Crippen LogP contribution in [-0.4, -0.2) is 17.1 Å². The van der Waals surface area contributed by atoms with Crippen LogP contribution in [0.25, 0.3) is 0 Å². The monoisotopic (exact) mass is 321 g/mol. The van der Waals surface area contributed by atoms with Crippen LogP contribution in [0.15, 0.2) is 36.4 Å². The number of amides is 1. The molecule has 2 aliphatic rings. The number of hydrogen-bond donors (Lipinski definition) is 2. The second kappa shape index (κ2) is 4.53. The van der Waals surface area contributed by atoms with Gasteiger partial charge < -0.3 is 15.5 Å². The number of fused-ring (bicyclic) bond motifs is 5. The van der Waals surface area contributed by atoms with E-state index in [-0.39, 0.29) is 5.91 Å². The normalized spacial score (nSPS) is 23.5. The molecule has 2 heterocycles. The number of nitrogens with zero attached hydrogens (tertiary/aromatic N) is 1. The average molecular weight is 321 g/mol. The largest absolute Gasteiger partial charge is 0.359 e. The Morgan fingerprint density at radius 1 is 0.917 bits per heavy atom. The first-order valence-electron chi connectivity index (χ1n) is 8.36. The molecular formula is C20H23N3O. The summed E-state index contributed by atoms with van der Waals surface area (Å²) in [5.74, 6) is -0.0293. The van der Waals surface area contributed by atoms with Gasteiger partial charge in [-0.1, -0.05) is 12.1 Å². The molecule has 2 aromatic rings. The zero-order valence-corrected chi connectivity index (χ0v) is 14.8. The first kappa shape index (κ1) is 15.1. The van der Waals surface area contributed by atoms with Gasteiger partial charge in [-0.2, -0.15) is 0 Å². The van der Waals surface area contributed by atoms with E-state index < -0.39 is 11.2 Å². The molecule has 0 saturated carbocycles. The van der Waals surface area contributed by atoms with Gasteiger partial charge in [-0.05, 0) is 70.0 Å². The van der Waals surface area contributed by atoms with E-state index in [0.29, 0.717) is 5.56 Å². The molecule has 1 amide bonds. The molecule has 1 atom stereocenters. The minimum atomic E-state index is -0.468. The molecule has 0 fully saturated rings. The summed E-state index contributed by atoms with van der Waals surface area (Å²) in [5.41, 5.74) is 5.47. The SMILES string of the molecule is Cc1cc2c(cc1C)N1c3ccccc3C(=O)NC(C)(C)C1(C)N2. The van der Waals surface area contributed by atoms with Crippen molar-refractivity contribution in [3.8, 4) is 0 Å². The molecule has 2 N–H and O–H groups in total. The van der Waals surface area contributed by atoms with Gasteiger partial charge in [0.1, 0.15) is 5.66 Å². The minimum Gasteiger partial charge on any atom is -0.359 e. The van der Waals surface area contributed by atoms with Gasteiger partial charge in [0.2, 0.25) is 0 Å². The highest BCUT2D eigenvalue weighted by Gasteiger charge is 2.54. The Morgan fingerprint density at radius 3 is 2.33 bits per heavy atom. The van der Waals surface area contributed by atoms with Crippen molar-refractivity contribution in [2.75, 3.05) is 10.2 Å². The highest BCUT2D eigenvalue weighted by Crippen LogP contribution is 2.51. The molecule has 4 nitrogen and oxygen atoms in total. The van der Waals surface area contributed by atoms with Gasteiger partial charge >= 0.3 is 0 Å². The highest BCUT2D eigenvalue weighted by molar-refractivity contribution is 6.04. The van der Waals surface area contributed by atoms with Crippen molar-refractivity contribution in [3.05, 3.63) is 53.1 Å². The van der Waals surface area contributed by atoms with Crippen LogP contribution < -0.4 is 15.5 Å². The zero-order valence-electron chi connectivity index (χ0n) is 14.8. The Hall–Kier alpha value is -2.49. The molecular weight excluding hydrogens is 298 g/mol. The molecule has 2 aliphatic heterocycles. The van der Waals surface area contributed by atoms with Gasteiger partial charge in [-0.15, -0.1) is 0 Å². The number of aryl methyl sites for hydroxylation is 2. The maximum Gasteiger partial charge on any atom is 0.253 e. The fraction of sp³-hybridized carbons (Fsp3) is 0.350. The third-order valence-electron chi connectivity index (χ3n) is 5.71. The quantitative estimate of drug-likeness (QED) is 0.767. The molecule has 0 spiro atoms. The van der Waals surface area contributed by atoms with E-state index in [1.165, 1.54) is 11.1 Å². The summed E-state index contributed by atoms with van der Waals surface area (Å²) in [6.07, 6.45) is 0. The van der Waals surface area contributed by atoms with Crippen LogP contribution in [0.2, 0.25) is 0 Å². The summed E-state index contributed by atoms with van der Waals surface area (Å²) in [6.45, 7) is 10.6. The van der Waals surface area contributed by atoms with Crippen LogP contribution in [0.4, 0.5) is 17.1 Å². The lowest BCUT2D eigenvalue weighted by Gasteiger charge is -2.46. The van der Waals surface area contributed by atoms with E-state index >= 15 is 0 Å². The Morgan fingerprint density at radius 2 is 1.58 bits per heavy atom. The maximum absolute atomic E-state index is 12.8. The molecule has 0 radical (unpaired) electrons. The topological polar surface area (TPSA) is 44.4 Å². The summed E-state index contributed by atoms with van der Waals surface area (Å²) < 4.78 is 0. The van der Waals surface area contributed by atoms with Crippen LogP contribution in [0.1, 0.15) is 42.3 Å². The second-order valence-corrected chi connectivity index (χ2v) is 7.58. The van der Waals surface area contributed by atoms with Gasteiger partial charge in [-0.25, -0.2) is 0 Å². The molecule has 0 aromatic heterocycles. The number of carbonyl (C=O) groups is 1. The molecule has 1 unspecified atom stereocenters. The Balaban J connectivity index is 2.05. The maximum atomic E-state index is 12.8. The lowest BCUT2D eigenvalue weighted by molar-refractivity contribution is 0.0893. The molecule has 2 aromatic carbocycles. The van der Waals surface area contributed by atoms with E-state index in [9.17, 15) is 4.79 Å². The highest BCUT2D eigenvalue weighted by atomic mass is 16.2. The van der Waals surface area contributed by atoms with Gasteiger partial charge in [0.15, 0.2) is 0 Å². The number of para-hydroxylation sites is 1. The Kier molecular flexibility index (Phi) is 2.84. The fourth-order valence-corrected chi connectivity index (χ4v) is 3.79. The van der Waals surface area contributed by atoms with E-state index in [0.717, 1.165) is 17.1 Å². The number of benzene rings is 2. The molecule has 4 heteroatoms. The van der Waals surface area contributed by atoms with Crippen molar-refractivity contribution < 1.29 is 4.79 Å². The van der Waals surface area contributed by atoms with Gasteiger partial charge in [0.25, 0.3) is 5.91 Å². The third-order valence-corrected chi connectivity index (χ3v) is 5.71. The Labute approximate surface area is 142 Å². The second-order valence-electron chi connectivity index (χ2n) is 7.58. The van der Waals surface area contributed by atoms with E-state index in [1.807, 2.05) is 24.3 Å². The van der Waals surface area contributed by atoms with Gasteiger partial charge in [-0.3, -0.25) is 4.79 Å². The van der Waals surface area contributed by atoms with Crippen molar-refractivity contribution in [1.82, 2.24) is 5.32 Å². The number of anilines is 3. The summed E-state index contributed by atoms with van der Waals surface area (Å²) in [6, 6.07) is 12.2. The molecule has 24 heavy (non-hydrogen) atoms. The van der Waals surface area contributed by atoms with Crippen molar-refractivity contribution in [2.45, 2.75) is 45.8 Å². The average Bonchev–Trinajstić information content (AvgIpc) is 2.77. The zero-order chi connectivity index (χ0) is 17.3.